The summed E-state index contributed by atoms with van der Waals surface area (Å²) in [5.74, 6) is 2.30. The Morgan fingerprint density at radius 2 is 2.09 bits per heavy atom. The van der Waals surface area contributed by atoms with Gasteiger partial charge in [0.25, 0.3) is 0 Å². The molecule has 0 aliphatic heterocycles. The van der Waals surface area contributed by atoms with E-state index in [9.17, 15) is 0 Å². The van der Waals surface area contributed by atoms with Gasteiger partial charge in [-0.05, 0) is 30.0 Å². The van der Waals surface area contributed by atoms with Crippen molar-refractivity contribution in [3.05, 3.63) is 36.0 Å². The number of aromatic nitrogens is 2. The molecule has 1 saturated carbocycles. The molecular formula is C17H18N4OS. The molecule has 0 amide bonds. The van der Waals surface area contributed by atoms with Crippen LogP contribution >= 0.6 is 11.3 Å². The van der Waals surface area contributed by atoms with Crippen LogP contribution in [-0.4, -0.2) is 29.7 Å². The van der Waals surface area contributed by atoms with Crippen molar-refractivity contribution in [1.29, 1.82) is 0 Å². The zero-order valence-corrected chi connectivity index (χ0v) is 13.6. The zero-order valence-electron chi connectivity index (χ0n) is 12.8. The van der Waals surface area contributed by atoms with Gasteiger partial charge < -0.3 is 15.8 Å². The van der Waals surface area contributed by atoms with E-state index in [0.717, 1.165) is 45.9 Å². The highest BCUT2D eigenvalue weighted by molar-refractivity contribution is 7.17. The Morgan fingerprint density at radius 3 is 2.78 bits per heavy atom. The average molecular weight is 326 g/mol. The van der Waals surface area contributed by atoms with Crippen molar-refractivity contribution in [2.75, 3.05) is 19.0 Å². The predicted octanol–water partition coefficient (Wildman–Crippen LogP) is 3.13. The van der Waals surface area contributed by atoms with Crippen LogP contribution in [0.2, 0.25) is 0 Å². The summed E-state index contributed by atoms with van der Waals surface area (Å²) in [7, 11) is 1.67. The minimum Gasteiger partial charge on any atom is -0.497 e. The van der Waals surface area contributed by atoms with E-state index in [0.29, 0.717) is 12.0 Å². The van der Waals surface area contributed by atoms with Crippen LogP contribution in [0.3, 0.4) is 0 Å². The molecule has 1 aliphatic carbocycles. The van der Waals surface area contributed by atoms with Crippen LogP contribution in [0.15, 0.2) is 36.0 Å². The van der Waals surface area contributed by atoms with Crippen molar-refractivity contribution in [3.8, 4) is 16.9 Å². The van der Waals surface area contributed by atoms with Crippen molar-refractivity contribution in [3.63, 3.8) is 0 Å². The summed E-state index contributed by atoms with van der Waals surface area (Å²) in [4.78, 5) is 9.83. The molecule has 2 heterocycles. The van der Waals surface area contributed by atoms with Crippen molar-refractivity contribution in [2.45, 2.75) is 12.5 Å². The van der Waals surface area contributed by atoms with Gasteiger partial charge >= 0.3 is 0 Å². The topological polar surface area (TPSA) is 73.1 Å². The fourth-order valence-electron chi connectivity index (χ4n) is 2.73. The molecule has 2 aromatic heterocycles. The van der Waals surface area contributed by atoms with Crippen LogP contribution in [0, 0.1) is 5.92 Å². The molecule has 1 aliphatic rings. The fourth-order valence-corrected chi connectivity index (χ4v) is 3.64. The van der Waals surface area contributed by atoms with Crippen molar-refractivity contribution < 1.29 is 4.74 Å². The normalized spacial score (nSPS) is 19.7. The number of fused-ring (bicyclic) bond motifs is 1. The molecule has 0 unspecified atom stereocenters. The van der Waals surface area contributed by atoms with E-state index in [1.165, 1.54) is 0 Å². The lowest BCUT2D eigenvalue weighted by atomic mass is 10.1. The van der Waals surface area contributed by atoms with Gasteiger partial charge in [0.15, 0.2) is 0 Å². The van der Waals surface area contributed by atoms with E-state index in [1.54, 1.807) is 24.8 Å². The largest absolute Gasteiger partial charge is 0.497 e. The van der Waals surface area contributed by atoms with Gasteiger partial charge in [-0.25, -0.2) is 9.97 Å². The van der Waals surface area contributed by atoms with Crippen LogP contribution in [-0.2, 0) is 0 Å². The number of ether oxygens (including phenoxy) is 1. The molecule has 4 rings (SSSR count). The summed E-state index contributed by atoms with van der Waals surface area (Å²) >= 11 is 1.64. The Balaban J connectivity index is 1.71. The van der Waals surface area contributed by atoms with Gasteiger partial charge in [-0.15, -0.1) is 11.3 Å². The number of methoxy groups -OCH3 is 1. The number of nitrogens with two attached hydrogens (primary N) is 1. The van der Waals surface area contributed by atoms with E-state index < -0.39 is 0 Å². The standard InChI is InChI=1S/C17H18N4OS/c1-22-12-4-2-10(3-5-12)13-8-23-17-15(13)16(20-9-21-17)19-7-11-6-14(11)18/h2-5,8-9,11,14H,6-7,18H2,1H3,(H,19,20,21)/t11-,14-/m0/s1. The Morgan fingerprint density at radius 1 is 1.30 bits per heavy atom. The van der Waals surface area contributed by atoms with Crippen LogP contribution in [0.5, 0.6) is 5.75 Å². The second-order valence-electron chi connectivity index (χ2n) is 5.82. The number of nitrogens with one attached hydrogen (secondary N) is 1. The second-order valence-corrected chi connectivity index (χ2v) is 6.68. The molecule has 5 nitrogen and oxygen atoms in total. The highest BCUT2D eigenvalue weighted by atomic mass is 32.1. The van der Waals surface area contributed by atoms with Crippen LogP contribution in [0.4, 0.5) is 5.82 Å². The number of benzene rings is 1. The summed E-state index contributed by atoms with van der Waals surface area (Å²) in [6.07, 6.45) is 2.71. The van der Waals surface area contributed by atoms with Gasteiger partial charge in [0.2, 0.25) is 0 Å². The first-order chi connectivity index (χ1) is 11.3. The van der Waals surface area contributed by atoms with Crippen LogP contribution in [0.25, 0.3) is 21.3 Å². The Kier molecular flexibility index (Phi) is 3.63. The van der Waals surface area contributed by atoms with E-state index in [4.69, 9.17) is 10.5 Å². The lowest BCUT2D eigenvalue weighted by Crippen LogP contribution is -2.11. The molecule has 0 radical (unpaired) electrons. The zero-order chi connectivity index (χ0) is 15.8. The first kappa shape index (κ1) is 14.4. The van der Waals surface area contributed by atoms with Crippen molar-refractivity contribution >= 4 is 27.4 Å². The second kappa shape index (κ2) is 5.79. The summed E-state index contributed by atoms with van der Waals surface area (Å²) < 4.78 is 5.23. The third-order valence-corrected chi connectivity index (χ3v) is 5.17. The highest BCUT2D eigenvalue weighted by Crippen LogP contribution is 2.37. The number of rotatable bonds is 5. The molecule has 118 valence electrons. The molecule has 2 atom stereocenters. The Labute approximate surface area is 138 Å². The Bertz CT molecular complexity index is 830. The van der Waals surface area contributed by atoms with Gasteiger partial charge in [0, 0.05) is 23.5 Å². The maximum atomic E-state index is 5.89. The quantitative estimate of drug-likeness (QED) is 0.753. The van der Waals surface area contributed by atoms with E-state index in [1.807, 2.05) is 12.1 Å². The smallest absolute Gasteiger partial charge is 0.138 e. The number of thiophene rings is 1. The SMILES string of the molecule is COc1ccc(-c2csc3ncnc(NC[C@@H]4C[C@@H]4N)c23)cc1. The third kappa shape index (κ3) is 2.75. The van der Waals surface area contributed by atoms with Gasteiger partial charge in [-0.1, -0.05) is 12.1 Å². The van der Waals surface area contributed by atoms with Gasteiger partial charge in [0.1, 0.15) is 22.7 Å². The lowest BCUT2D eigenvalue weighted by Gasteiger charge is -2.08. The molecule has 3 N–H and O–H groups in total. The van der Waals surface area contributed by atoms with E-state index >= 15 is 0 Å². The molecular weight excluding hydrogens is 308 g/mol. The van der Waals surface area contributed by atoms with Gasteiger partial charge in [0.05, 0.1) is 12.5 Å². The molecule has 1 fully saturated rings. The van der Waals surface area contributed by atoms with E-state index in [-0.39, 0.29) is 0 Å². The Hall–Kier alpha value is -2.18. The van der Waals surface area contributed by atoms with Crippen molar-refractivity contribution in [1.82, 2.24) is 9.97 Å². The predicted molar refractivity (Wildman–Crippen MR) is 94.0 cm³/mol. The number of hydrogen-bond acceptors (Lipinski definition) is 6. The highest BCUT2D eigenvalue weighted by Gasteiger charge is 2.33. The van der Waals surface area contributed by atoms with Gasteiger partial charge in [-0.3, -0.25) is 0 Å². The first-order valence-electron chi connectivity index (χ1n) is 7.62. The molecule has 23 heavy (non-hydrogen) atoms. The summed E-state index contributed by atoms with van der Waals surface area (Å²) in [6, 6.07) is 8.41. The maximum absolute atomic E-state index is 5.89. The maximum Gasteiger partial charge on any atom is 0.138 e. The number of anilines is 1. The fraction of sp³-hybridized carbons (Fsp3) is 0.294. The first-order valence-corrected chi connectivity index (χ1v) is 8.50. The van der Waals surface area contributed by atoms with Crippen LogP contribution in [0.1, 0.15) is 6.42 Å². The molecule has 6 heteroatoms. The third-order valence-electron chi connectivity index (χ3n) is 4.28. The lowest BCUT2D eigenvalue weighted by molar-refractivity contribution is 0.415. The number of nitrogens with zero attached hydrogens (tertiary/aromatic N) is 2. The number of hydrogen-bond donors (Lipinski definition) is 2. The summed E-state index contributed by atoms with van der Waals surface area (Å²) in [5.41, 5.74) is 8.18. The monoisotopic (exact) mass is 326 g/mol. The molecule has 0 saturated heterocycles. The van der Waals surface area contributed by atoms with Gasteiger partial charge in [-0.2, -0.15) is 0 Å². The molecule has 0 bridgehead atoms. The minimum atomic E-state index is 0.336. The molecule has 3 aromatic rings. The van der Waals surface area contributed by atoms with Crippen molar-refractivity contribution in [2.24, 2.45) is 11.7 Å². The summed E-state index contributed by atoms with van der Waals surface area (Å²) in [5, 5.41) is 6.66. The average Bonchev–Trinajstić information content (AvgIpc) is 3.12. The molecule has 1 aromatic carbocycles. The van der Waals surface area contributed by atoms with E-state index in [2.05, 4.69) is 32.8 Å². The summed E-state index contributed by atoms with van der Waals surface area (Å²) in [6.45, 7) is 0.866. The molecule has 0 spiro atoms. The van der Waals surface area contributed by atoms with Crippen LogP contribution < -0.4 is 15.8 Å². The minimum absolute atomic E-state index is 0.336.